The molecule has 0 aromatic heterocycles. The summed E-state index contributed by atoms with van der Waals surface area (Å²) >= 11 is 0. The quantitative estimate of drug-likeness (QED) is 0.477. The summed E-state index contributed by atoms with van der Waals surface area (Å²) < 4.78 is 22.5. The summed E-state index contributed by atoms with van der Waals surface area (Å²) in [5.41, 5.74) is 0.729. The summed E-state index contributed by atoms with van der Waals surface area (Å²) in [7, 11) is 0. The Hall–Kier alpha value is -2.63. The van der Waals surface area contributed by atoms with E-state index in [2.05, 4.69) is 5.32 Å². The van der Waals surface area contributed by atoms with Gasteiger partial charge in [-0.2, -0.15) is 0 Å². The van der Waals surface area contributed by atoms with E-state index in [1.165, 1.54) is 36.5 Å². The molecular weight excluding hydrogens is 289 g/mol. The third-order valence-electron chi connectivity index (χ3n) is 2.44. The van der Waals surface area contributed by atoms with Crippen LogP contribution in [0.15, 0.2) is 48.2 Å². The van der Waals surface area contributed by atoms with Gasteiger partial charge in [-0.1, -0.05) is 0 Å². The van der Waals surface area contributed by atoms with Crippen LogP contribution < -0.4 is 5.32 Å². The molecule has 0 aliphatic rings. The molecule has 0 fully saturated rings. The Morgan fingerprint density at radius 2 is 1.73 bits per heavy atom. The largest absolute Gasteiger partial charge is 0.463 e. The second kappa shape index (κ2) is 9.33. The molecule has 22 heavy (non-hydrogen) atoms. The molecule has 0 aliphatic heterocycles. The molecule has 0 radical (unpaired) electrons. The van der Waals surface area contributed by atoms with Crippen LogP contribution in [0.4, 0.5) is 10.1 Å². The van der Waals surface area contributed by atoms with Gasteiger partial charge < -0.3 is 14.8 Å². The Morgan fingerprint density at radius 1 is 1.09 bits per heavy atom. The zero-order valence-corrected chi connectivity index (χ0v) is 12.5. The van der Waals surface area contributed by atoms with Gasteiger partial charge in [0.25, 0.3) is 0 Å². The Balaban J connectivity index is 2.84. The minimum absolute atomic E-state index is 0.138. The van der Waals surface area contributed by atoms with Crippen LogP contribution in [-0.2, 0) is 19.1 Å². The molecule has 0 amide bonds. The van der Waals surface area contributed by atoms with Gasteiger partial charge >= 0.3 is 11.9 Å². The van der Waals surface area contributed by atoms with Crippen LogP contribution in [0.25, 0.3) is 0 Å². The highest BCUT2D eigenvalue weighted by molar-refractivity contribution is 5.94. The SMILES string of the molecule is CCOC(=O)/C=C/C(=C/Nc1ccc(F)cc1)C(=O)OCC. The highest BCUT2D eigenvalue weighted by Gasteiger charge is 2.08. The first-order valence-electron chi connectivity index (χ1n) is 6.81. The minimum atomic E-state index is -0.585. The minimum Gasteiger partial charge on any atom is -0.463 e. The third-order valence-corrected chi connectivity index (χ3v) is 2.44. The van der Waals surface area contributed by atoms with Crippen molar-refractivity contribution >= 4 is 17.6 Å². The summed E-state index contributed by atoms with van der Waals surface area (Å²) in [6, 6.07) is 5.61. The van der Waals surface area contributed by atoms with E-state index in [1.807, 2.05) is 0 Å². The van der Waals surface area contributed by atoms with Crippen LogP contribution in [0.2, 0.25) is 0 Å². The van der Waals surface area contributed by atoms with E-state index in [1.54, 1.807) is 13.8 Å². The van der Waals surface area contributed by atoms with Gasteiger partial charge in [-0.15, -0.1) is 0 Å². The fourth-order valence-corrected chi connectivity index (χ4v) is 1.44. The number of hydrogen-bond acceptors (Lipinski definition) is 5. The molecule has 0 atom stereocenters. The van der Waals surface area contributed by atoms with Crippen LogP contribution in [0.1, 0.15) is 13.8 Å². The van der Waals surface area contributed by atoms with Gasteiger partial charge in [0, 0.05) is 18.0 Å². The highest BCUT2D eigenvalue weighted by Crippen LogP contribution is 2.10. The first-order chi connectivity index (χ1) is 10.6. The molecule has 1 aromatic rings. The van der Waals surface area contributed by atoms with Gasteiger partial charge in [0.15, 0.2) is 0 Å². The first-order valence-corrected chi connectivity index (χ1v) is 6.81. The fraction of sp³-hybridized carbons (Fsp3) is 0.250. The molecule has 0 heterocycles. The van der Waals surface area contributed by atoms with E-state index in [9.17, 15) is 14.0 Å². The maximum Gasteiger partial charge on any atom is 0.339 e. The maximum absolute atomic E-state index is 12.8. The van der Waals surface area contributed by atoms with Crippen molar-refractivity contribution in [3.63, 3.8) is 0 Å². The van der Waals surface area contributed by atoms with Crippen molar-refractivity contribution in [3.05, 3.63) is 54.0 Å². The lowest BCUT2D eigenvalue weighted by Crippen LogP contribution is -2.08. The molecule has 0 aliphatic carbocycles. The third kappa shape index (κ3) is 6.21. The van der Waals surface area contributed by atoms with E-state index >= 15 is 0 Å². The maximum atomic E-state index is 12.8. The van der Waals surface area contributed by atoms with E-state index in [0.29, 0.717) is 5.69 Å². The number of nitrogens with one attached hydrogen (secondary N) is 1. The van der Waals surface area contributed by atoms with Gasteiger partial charge in [-0.05, 0) is 44.2 Å². The number of carbonyl (C=O) groups excluding carboxylic acids is 2. The van der Waals surface area contributed by atoms with Gasteiger partial charge in [0.1, 0.15) is 5.82 Å². The van der Waals surface area contributed by atoms with Gasteiger partial charge in [0.05, 0.1) is 18.8 Å². The standard InChI is InChI=1S/C16H18FNO4/c1-3-21-15(19)10-5-12(16(20)22-4-2)11-18-14-8-6-13(17)7-9-14/h5-11,18H,3-4H2,1-2H3/b10-5+,12-11-. The number of benzene rings is 1. The zero-order valence-electron chi connectivity index (χ0n) is 12.5. The molecule has 1 rings (SSSR count). The zero-order chi connectivity index (χ0) is 16.4. The van der Waals surface area contributed by atoms with E-state index in [0.717, 1.165) is 6.08 Å². The van der Waals surface area contributed by atoms with E-state index in [-0.39, 0.29) is 24.6 Å². The smallest absolute Gasteiger partial charge is 0.339 e. The van der Waals surface area contributed by atoms with Crippen molar-refractivity contribution in [3.8, 4) is 0 Å². The fourth-order valence-electron chi connectivity index (χ4n) is 1.44. The van der Waals surface area contributed by atoms with Crippen molar-refractivity contribution in [1.29, 1.82) is 0 Å². The number of hydrogen-bond donors (Lipinski definition) is 1. The molecule has 0 bridgehead atoms. The van der Waals surface area contributed by atoms with Crippen LogP contribution in [-0.4, -0.2) is 25.2 Å². The van der Waals surface area contributed by atoms with Crippen molar-refractivity contribution in [2.24, 2.45) is 0 Å². The number of halogens is 1. The summed E-state index contributed by atoms with van der Waals surface area (Å²) in [5, 5.41) is 2.83. The predicted molar refractivity (Wildman–Crippen MR) is 80.5 cm³/mol. The Kier molecular flexibility index (Phi) is 7.39. The molecule has 0 unspecified atom stereocenters. The molecule has 1 N–H and O–H groups in total. The van der Waals surface area contributed by atoms with Crippen molar-refractivity contribution in [1.82, 2.24) is 0 Å². The van der Waals surface area contributed by atoms with Crippen LogP contribution in [0.5, 0.6) is 0 Å². The average molecular weight is 307 g/mol. The number of ether oxygens (including phenoxy) is 2. The topological polar surface area (TPSA) is 64.6 Å². The van der Waals surface area contributed by atoms with Crippen LogP contribution >= 0.6 is 0 Å². The number of carbonyl (C=O) groups is 2. The Labute approximate surface area is 128 Å². The molecule has 0 saturated carbocycles. The van der Waals surface area contributed by atoms with Crippen LogP contribution in [0.3, 0.4) is 0 Å². The first kappa shape index (κ1) is 17.4. The molecule has 6 heteroatoms. The summed E-state index contributed by atoms with van der Waals surface area (Å²) in [4.78, 5) is 23.1. The van der Waals surface area contributed by atoms with Crippen LogP contribution in [0, 0.1) is 5.82 Å². The molecule has 118 valence electrons. The van der Waals surface area contributed by atoms with Crippen molar-refractivity contribution in [2.45, 2.75) is 13.8 Å². The van der Waals surface area contributed by atoms with Gasteiger partial charge in [0.2, 0.25) is 0 Å². The highest BCUT2D eigenvalue weighted by atomic mass is 19.1. The van der Waals surface area contributed by atoms with Crippen molar-refractivity contribution < 1.29 is 23.5 Å². The van der Waals surface area contributed by atoms with Gasteiger partial charge in [-0.3, -0.25) is 0 Å². The number of rotatable bonds is 7. The molecule has 0 saturated heterocycles. The average Bonchev–Trinajstić information content (AvgIpc) is 2.49. The molecule has 1 aromatic carbocycles. The lowest BCUT2D eigenvalue weighted by molar-refractivity contribution is -0.138. The second-order valence-electron chi connectivity index (χ2n) is 4.06. The lowest BCUT2D eigenvalue weighted by Gasteiger charge is -2.05. The summed E-state index contributed by atoms with van der Waals surface area (Å²) in [5.74, 6) is -1.50. The second-order valence-corrected chi connectivity index (χ2v) is 4.06. The Bertz CT molecular complexity index is 564. The lowest BCUT2D eigenvalue weighted by atomic mass is 10.2. The molecular formula is C16H18FNO4. The monoisotopic (exact) mass is 307 g/mol. The van der Waals surface area contributed by atoms with Crippen molar-refractivity contribution in [2.75, 3.05) is 18.5 Å². The van der Waals surface area contributed by atoms with E-state index < -0.39 is 11.9 Å². The predicted octanol–water partition coefficient (Wildman–Crippen LogP) is 2.80. The Morgan fingerprint density at radius 3 is 2.32 bits per heavy atom. The summed E-state index contributed by atoms with van der Waals surface area (Å²) in [6.45, 7) is 3.82. The number of esters is 2. The van der Waals surface area contributed by atoms with Gasteiger partial charge in [-0.25, -0.2) is 14.0 Å². The van der Waals surface area contributed by atoms with E-state index in [4.69, 9.17) is 9.47 Å². The normalized spacial score (nSPS) is 11.3. The summed E-state index contributed by atoms with van der Waals surface area (Å²) in [6.07, 6.45) is 3.81. The number of anilines is 1. The molecule has 5 nitrogen and oxygen atoms in total. The molecule has 0 spiro atoms.